The van der Waals surface area contributed by atoms with Crippen LogP contribution in [0.2, 0.25) is 5.02 Å². The van der Waals surface area contributed by atoms with E-state index in [-0.39, 0.29) is 5.91 Å². The summed E-state index contributed by atoms with van der Waals surface area (Å²) in [5.74, 6) is 1.67. The van der Waals surface area contributed by atoms with E-state index in [0.29, 0.717) is 30.3 Å². The number of hydrogen-bond acceptors (Lipinski definition) is 5. The Hall–Kier alpha value is -2.83. The van der Waals surface area contributed by atoms with Crippen molar-refractivity contribution in [2.24, 2.45) is 0 Å². The molecule has 1 fully saturated rings. The molecule has 0 spiro atoms. The summed E-state index contributed by atoms with van der Waals surface area (Å²) in [5, 5.41) is 1.53. The zero-order chi connectivity index (χ0) is 21.8. The fourth-order valence-electron chi connectivity index (χ4n) is 3.77. The molecule has 1 aliphatic heterocycles. The first-order chi connectivity index (χ1) is 15.0. The Bertz CT molecular complexity index is 1060. The molecule has 31 heavy (non-hydrogen) atoms. The van der Waals surface area contributed by atoms with E-state index < -0.39 is 0 Å². The number of aryl methyl sites for hydroxylation is 1. The lowest BCUT2D eigenvalue weighted by molar-refractivity contribution is 0.0619. The van der Waals surface area contributed by atoms with Crippen LogP contribution >= 0.6 is 11.6 Å². The summed E-state index contributed by atoms with van der Waals surface area (Å²) in [5.41, 5.74) is 2.24. The van der Waals surface area contributed by atoms with E-state index in [0.717, 1.165) is 47.7 Å². The van der Waals surface area contributed by atoms with E-state index in [4.69, 9.17) is 21.1 Å². The average Bonchev–Trinajstić information content (AvgIpc) is 2.79. The van der Waals surface area contributed by atoms with Crippen LogP contribution < -0.4 is 9.47 Å². The molecule has 2 aromatic carbocycles. The minimum absolute atomic E-state index is 0.0287. The SMILES string of the molecule is COc1ccc(OCCN2CCN(C(=O)c3cc4cc(Cl)ccc4nc3C)CC2)cc1. The Labute approximate surface area is 187 Å². The Morgan fingerprint density at radius 1 is 1.03 bits per heavy atom. The predicted octanol–water partition coefficient (Wildman–Crippen LogP) is 4.04. The fourth-order valence-corrected chi connectivity index (χ4v) is 3.95. The van der Waals surface area contributed by atoms with E-state index in [1.54, 1.807) is 7.11 Å². The highest BCUT2D eigenvalue weighted by molar-refractivity contribution is 6.31. The lowest BCUT2D eigenvalue weighted by atomic mass is 10.1. The number of carbonyl (C=O) groups is 1. The van der Waals surface area contributed by atoms with Crippen LogP contribution in [-0.4, -0.2) is 67.1 Å². The van der Waals surface area contributed by atoms with Crippen LogP contribution in [0.4, 0.5) is 0 Å². The van der Waals surface area contributed by atoms with Crippen LogP contribution in [0.5, 0.6) is 11.5 Å². The van der Waals surface area contributed by atoms with Gasteiger partial charge in [0.05, 0.1) is 23.9 Å². The molecule has 0 unspecified atom stereocenters. The third-order valence-electron chi connectivity index (χ3n) is 5.59. The number of aromatic nitrogens is 1. The van der Waals surface area contributed by atoms with Gasteiger partial charge in [-0.1, -0.05) is 11.6 Å². The number of nitrogens with zero attached hydrogens (tertiary/aromatic N) is 3. The van der Waals surface area contributed by atoms with Crippen LogP contribution in [-0.2, 0) is 0 Å². The summed E-state index contributed by atoms with van der Waals surface area (Å²) in [6, 6.07) is 15.0. The normalized spacial score (nSPS) is 14.6. The molecule has 7 heteroatoms. The Morgan fingerprint density at radius 3 is 2.45 bits per heavy atom. The monoisotopic (exact) mass is 439 g/mol. The lowest BCUT2D eigenvalue weighted by Crippen LogP contribution is -2.49. The number of ether oxygens (including phenoxy) is 2. The number of piperazine rings is 1. The van der Waals surface area contributed by atoms with Gasteiger partial charge in [0.1, 0.15) is 18.1 Å². The van der Waals surface area contributed by atoms with E-state index in [9.17, 15) is 4.79 Å². The van der Waals surface area contributed by atoms with Crippen molar-refractivity contribution >= 4 is 28.4 Å². The van der Waals surface area contributed by atoms with Gasteiger partial charge in [-0.25, -0.2) is 0 Å². The van der Waals surface area contributed by atoms with Gasteiger partial charge in [0, 0.05) is 43.1 Å². The summed E-state index contributed by atoms with van der Waals surface area (Å²) in [4.78, 5) is 21.9. The minimum Gasteiger partial charge on any atom is -0.497 e. The number of methoxy groups -OCH3 is 1. The van der Waals surface area contributed by atoms with Gasteiger partial charge in [-0.15, -0.1) is 0 Å². The third-order valence-corrected chi connectivity index (χ3v) is 5.83. The van der Waals surface area contributed by atoms with Gasteiger partial charge in [-0.2, -0.15) is 0 Å². The highest BCUT2D eigenvalue weighted by Gasteiger charge is 2.24. The highest BCUT2D eigenvalue weighted by atomic mass is 35.5. The standard InChI is InChI=1S/C24H26ClN3O3/c1-17-22(16-18-15-19(25)3-8-23(18)26-17)24(29)28-11-9-27(10-12-28)13-14-31-21-6-4-20(30-2)5-7-21/h3-8,15-16H,9-14H2,1-2H3. The molecule has 0 bridgehead atoms. The molecular weight excluding hydrogens is 414 g/mol. The van der Waals surface area contributed by atoms with E-state index >= 15 is 0 Å². The van der Waals surface area contributed by atoms with Gasteiger partial charge in [-0.05, 0) is 55.5 Å². The fraction of sp³-hybridized carbons (Fsp3) is 0.333. The second-order valence-corrected chi connectivity index (χ2v) is 8.05. The molecule has 1 aromatic heterocycles. The molecule has 0 saturated carbocycles. The maximum Gasteiger partial charge on any atom is 0.255 e. The number of benzene rings is 2. The molecule has 3 aromatic rings. The summed E-state index contributed by atoms with van der Waals surface area (Å²) >= 11 is 6.10. The van der Waals surface area contributed by atoms with Crippen LogP contribution in [0.1, 0.15) is 16.1 Å². The lowest BCUT2D eigenvalue weighted by Gasteiger charge is -2.34. The number of carbonyl (C=O) groups excluding carboxylic acids is 1. The Balaban J connectivity index is 1.30. The summed E-state index contributed by atoms with van der Waals surface area (Å²) in [6.45, 7) is 6.34. The first-order valence-corrected chi connectivity index (χ1v) is 10.8. The quantitative estimate of drug-likeness (QED) is 0.580. The number of pyridine rings is 1. The van der Waals surface area contributed by atoms with Crippen molar-refractivity contribution in [2.75, 3.05) is 46.4 Å². The zero-order valence-electron chi connectivity index (χ0n) is 17.8. The summed E-state index contributed by atoms with van der Waals surface area (Å²) < 4.78 is 11.0. The molecule has 162 valence electrons. The highest BCUT2D eigenvalue weighted by Crippen LogP contribution is 2.22. The summed E-state index contributed by atoms with van der Waals surface area (Å²) in [6.07, 6.45) is 0. The van der Waals surface area contributed by atoms with E-state index in [1.807, 2.05) is 60.4 Å². The van der Waals surface area contributed by atoms with Crippen molar-refractivity contribution in [2.45, 2.75) is 6.92 Å². The maximum absolute atomic E-state index is 13.1. The number of fused-ring (bicyclic) bond motifs is 1. The topological polar surface area (TPSA) is 54.9 Å². The van der Waals surface area contributed by atoms with E-state index in [1.165, 1.54) is 0 Å². The number of rotatable bonds is 6. The second kappa shape index (κ2) is 9.54. The Morgan fingerprint density at radius 2 is 1.74 bits per heavy atom. The molecule has 0 atom stereocenters. The smallest absolute Gasteiger partial charge is 0.255 e. The van der Waals surface area contributed by atoms with Crippen molar-refractivity contribution in [3.8, 4) is 11.5 Å². The molecule has 0 aliphatic carbocycles. The predicted molar refractivity (Wildman–Crippen MR) is 122 cm³/mol. The van der Waals surface area contributed by atoms with Gasteiger partial charge >= 0.3 is 0 Å². The number of halogens is 1. The number of amides is 1. The molecule has 0 N–H and O–H groups in total. The van der Waals surface area contributed by atoms with E-state index in [2.05, 4.69) is 9.88 Å². The Kier molecular flexibility index (Phi) is 6.59. The summed E-state index contributed by atoms with van der Waals surface area (Å²) in [7, 11) is 1.65. The zero-order valence-corrected chi connectivity index (χ0v) is 18.6. The van der Waals surface area contributed by atoms with Crippen molar-refractivity contribution in [1.29, 1.82) is 0 Å². The van der Waals surface area contributed by atoms with Gasteiger partial charge < -0.3 is 14.4 Å². The molecule has 1 saturated heterocycles. The van der Waals surface area contributed by atoms with Crippen LogP contribution in [0.15, 0.2) is 48.5 Å². The average molecular weight is 440 g/mol. The molecule has 1 amide bonds. The van der Waals surface area contributed by atoms with Gasteiger partial charge in [0.2, 0.25) is 0 Å². The first kappa shape index (κ1) is 21.4. The third kappa shape index (κ3) is 5.09. The number of hydrogen-bond donors (Lipinski definition) is 0. The van der Waals surface area contributed by atoms with Crippen molar-refractivity contribution in [3.63, 3.8) is 0 Å². The largest absolute Gasteiger partial charge is 0.497 e. The minimum atomic E-state index is 0.0287. The molecule has 4 rings (SSSR count). The molecule has 0 radical (unpaired) electrons. The second-order valence-electron chi connectivity index (χ2n) is 7.62. The van der Waals surface area contributed by atoms with Crippen molar-refractivity contribution < 1.29 is 14.3 Å². The van der Waals surface area contributed by atoms with Crippen LogP contribution in [0.3, 0.4) is 0 Å². The van der Waals surface area contributed by atoms with Crippen molar-refractivity contribution in [3.05, 3.63) is 64.8 Å². The molecule has 6 nitrogen and oxygen atoms in total. The van der Waals surface area contributed by atoms with Gasteiger partial charge in [0.25, 0.3) is 5.91 Å². The van der Waals surface area contributed by atoms with Crippen LogP contribution in [0, 0.1) is 6.92 Å². The van der Waals surface area contributed by atoms with Gasteiger partial charge in [0.15, 0.2) is 0 Å². The molecule has 2 heterocycles. The maximum atomic E-state index is 13.1. The molecule has 1 aliphatic rings. The van der Waals surface area contributed by atoms with Crippen LogP contribution in [0.25, 0.3) is 10.9 Å². The van der Waals surface area contributed by atoms with Gasteiger partial charge in [-0.3, -0.25) is 14.7 Å². The van der Waals surface area contributed by atoms with Crippen molar-refractivity contribution in [1.82, 2.24) is 14.8 Å². The first-order valence-electron chi connectivity index (χ1n) is 10.4. The molecular formula is C24H26ClN3O3.